The molecule has 1 heterocycles. The lowest BCUT2D eigenvalue weighted by molar-refractivity contribution is -0.139. The van der Waals surface area contributed by atoms with Crippen LogP contribution in [0.3, 0.4) is 0 Å². The Morgan fingerprint density at radius 1 is 1.67 bits per heavy atom. The molecule has 1 aromatic rings. The lowest BCUT2D eigenvalue weighted by Crippen LogP contribution is -2.30. The summed E-state index contributed by atoms with van der Waals surface area (Å²) in [5.74, 6) is -0.174. The summed E-state index contributed by atoms with van der Waals surface area (Å²) >= 11 is 0. The van der Waals surface area contributed by atoms with E-state index in [-0.39, 0.29) is 0 Å². The summed E-state index contributed by atoms with van der Waals surface area (Å²) < 4.78 is 0. The highest BCUT2D eigenvalue weighted by molar-refractivity contribution is 5.75. The van der Waals surface area contributed by atoms with Gasteiger partial charge in [-0.25, -0.2) is 0 Å². The molecule has 0 bridgehead atoms. The molecule has 2 rings (SSSR count). The van der Waals surface area contributed by atoms with Gasteiger partial charge in [-0.05, 0) is 36.9 Å². The van der Waals surface area contributed by atoms with Crippen molar-refractivity contribution in [3.8, 4) is 0 Å². The van der Waals surface area contributed by atoms with Gasteiger partial charge >= 0.3 is 5.97 Å². The number of hydrogen-bond acceptors (Lipinski definition) is 3. The van der Waals surface area contributed by atoms with Gasteiger partial charge in [-0.15, -0.1) is 0 Å². The predicted molar refractivity (Wildman–Crippen MR) is 55.3 cm³/mol. The second-order valence-corrected chi connectivity index (χ2v) is 3.91. The van der Waals surface area contributed by atoms with Crippen LogP contribution in [0.5, 0.6) is 0 Å². The number of nitrogens with one attached hydrogen (secondary N) is 1. The zero-order valence-electron chi connectivity index (χ0n) is 8.39. The lowest BCUT2D eigenvalue weighted by Gasteiger charge is -2.13. The van der Waals surface area contributed by atoms with Crippen molar-refractivity contribution in [1.82, 2.24) is 10.3 Å². The van der Waals surface area contributed by atoms with Crippen LogP contribution < -0.4 is 5.32 Å². The Kier molecular flexibility index (Phi) is 2.97. The van der Waals surface area contributed by atoms with Crippen molar-refractivity contribution < 1.29 is 9.90 Å². The van der Waals surface area contributed by atoms with E-state index < -0.39 is 12.0 Å². The molecular weight excluding hydrogens is 192 g/mol. The van der Waals surface area contributed by atoms with Crippen molar-refractivity contribution in [2.75, 3.05) is 6.54 Å². The first-order valence-electron chi connectivity index (χ1n) is 5.13. The molecule has 80 valence electrons. The first-order valence-corrected chi connectivity index (χ1v) is 5.13. The summed E-state index contributed by atoms with van der Waals surface area (Å²) in [5, 5.41) is 12.1. The summed E-state index contributed by atoms with van der Waals surface area (Å²) in [7, 11) is 0. The lowest BCUT2D eigenvalue weighted by atomic mass is 10.1. The summed E-state index contributed by atoms with van der Waals surface area (Å²) in [6, 6.07) is 2.91. The third-order valence-electron chi connectivity index (χ3n) is 2.57. The molecule has 0 saturated heterocycles. The summed E-state index contributed by atoms with van der Waals surface area (Å²) in [6.45, 7) is 0.784. The highest BCUT2D eigenvalue weighted by Gasteiger charge is 2.25. The minimum absolute atomic E-state index is 0.626. The Balaban J connectivity index is 2.01. The largest absolute Gasteiger partial charge is 0.480 e. The first kappa shape index (κ1) is 10.1. The van der Waals surface area contributed by atoms with Crippen LogP contribution in [0.25, 0.3) is 0 Å². The Morgan fingerprint density at radius 2 is 2.47 bits per heavy atom. The summed E-state index contributed by atoms with van der Waals surface area (Å²) in [6.07, 6.45) is 5.67. The molecule has 1 atom stereocenters. The van der Waals surface area contributed by atoms with Gasteiger partial charge in [0.05, 0.1) is 0 Å². The Bertz CT molecular complexity index is 336. The Labute approximate surface area is 88.3 Å². The van der Waals surface area contributed by atoms with E-state index in [0.717, 1.165) is 6.54 Å². The first-order chi connectivity index (χ1) is 7.27. The number of pyridine rings is 1. The zero-order valence-corrected chi connectivity index (χ0v) is 8.39. The van der Waals surface area contributed by atoms with Crippen LogP contribution in [0.1, 0.15) is 24.4 Å². The van der Waals surface area contributed by atoms with E-state index in [4.69, 9.17) is 5.11 Å². The molecule has 0 aromatic carbocycles. The van der Waals surface area contributed by atoms with Crippen LogP contribution in [0.15, 0.2) is 24.5 Å². The van der Waals surface area contributed by atoms with Gasteiger partial charge < -0.3 is 10.4 Å². The van der Waals surface area contributed by atoms with Crippen LogP contribution in [-0.2, 0) is 4.79 Å². The smallest absolute Gasteiger partial charge is 0.325 e. The van der Waals surface area contributed by atoms with Crippen LogP contribution >= 0.6 is 0 Å². The SMILES string of the molecule is O=C(O)[C@@H](NCC1CC1)c1cccnc1. The number of carbonyl (C=O) groups is 1. The second-order valence-electron chi connectivity index (χ2n) is 3.91. The molecule has 0 aliphatic heterocycles. The van der Waals surface area contributed by atoms with Crippen LogP contribution in [-0.4, -0.2) is 22.6 Å². The maximum Gasteiger partial charge on any atom is 0.325 e. The third-order valence-corrected chi connectivity index (χ3v) is 2.57. The number of rotatable bonds is 5. The third kappa shape index (κ3) is 2.76. The minimum atomic E-state index is -0.844. The highest BCUT2D eigenvalue weighted by Crippen LogP contribution is 2.28. The normalized spacial score (nSPS) is 17.3. The predicted octanol–water partition coefficient (Wildman–Crippen LogP) is 1.21. The van der Waals surface area contributed by atoms with Crippen molar-refractivity contribution in [3.63, 3.8) is 0 Å². The van der Waals surface area contributed by atoms with E-state index in [9.17, 15) is 4.79 Å². The molecule has 4 heteroatoms. The van der Waals surface area contributed by atoms with Gasteiger partial charge in [0, 0.05) is 12.4 Å². The molecule has 4 nitrogen and oxygen atoms in total. The summed E-state index contributed by atoms with van der Waals surface area (Å²) in [5.41, 5.74) is 0.714. The molecule has 15 heavy (non-hydrogen) atoms. The quantitative estimate of drug-likeness (QED) is 0.760. The van der Waals surface area contributed by atoms with Crippen LogP contribution in [0, 0.1) is 5.92 Å². The van der Waals surface area contributed by atoms with Crippen LogP contribution in [0.4, 0.5) is 0 Å². The number of carboxylic acid groups (broad SMARTS) is 1. The van der Waals surface area contributed by atoms with Crippen molar-refractivity contribution in [2.24, 2.45) is 5.92 Å². The Morgan fingerprint density at radius 3 is 3.00 bits per heavy atom. The number of aromatic nitrogens is 1. The molecule has 2 N–H and O–H groups in total. The molecule has 0 unspecified atom stereocenters. The molecule has 1 aliphatic carbocycles. The monoisotopic (exact) mass is 206 g/mol. The number of aliphatic carboxylic acids is 1. The van der Waals surface area contributed by atoms with E-state index in [2.05, 4.69) is 10.3 Å². The van der Waals surface area contributed by atoms with Crippen LogP contribution in [0.2, 0.25) is 0 Å². The topological polar surface area (TPSA) is 62.2 Å². The molecule has 1 aromatic heterocycles. The molecular formula is C11H14N2O2. The van der Waals surface area contributed by atoms with E-state index in [0.29, 0.717) is 11.5 Å². The zero-order chi connectivity index (χ0) is 10.7. The average molecular weight is 206 g/mol. The molecule has 0 amide bonds. The maximum absolute atomic E-state index is 11.0. The van der Waals surface area contributed by atoms with Crippen molar-refractivity contribution in [3.05, 3.63) is 30.1 Å². The van der Waals surface area contributed by atoms with Gasteiger partial charge in [0.15, 0.2) is 0 Å². The molecule has 0 spiro atoms. The van der Waals surface area contributed by atoms with Gasteiger partial charge in [-0.2, -0.15) is 0 Å². The van der Waals surface area contributed by atoms with E-state index >= 15 is 0 Å². The van der Waals surface area contributed by atoms with E-state index in [1.54, 1.807) is 24.5 Å². The van der Waals surface area contributed by atoms with E-state index in [1.807, 2.05) is 0 Å². The van der Waals surface area contributed by atoms with Gasteiger partial charge in [-0.3, -0.25) is 9.78 Å². The van der Waals surface area contributed by atoms with Gasteiger partial charge in [0.2, 0.25) is 0 Å². The maximum atomic E-state index is 11.0. The standard InChI is InChI=1S/C11H14N2O2/c14-11(15)10(13-6-8-3-4-8)9-2-1-5-12-7-9/h1-2,5,7-8,10,13H,3-4,6H2,(H,14,15)/t10-/m0/s1. The fourth-order valence-corrected chi connectivity index (χ4v) is 1.50. The summed E-state index contributed by atoms with van der Waals surface area (Å²) in [4.78, 5) is 15.0. The highest BCUT2D eigenvalue weighted by atomic mass is 16.4. The van der Waals surface area contributed by atoms with Gasteiger partial charge in [0.1, 0.15) is 6.04 Å². The van der Waals surface area contributed by atoms with Crippen molar-refractivity contribution in [1.29, 1.82) is 0 Å². The number of hydrogen-bond donors (Lipinski definition) is 2. The minimum Gasteiger partial charge on any atom is -0.480 e. The fraction of sp³-hybridized carbons (Fsp3) is 0.455. The van der Waals surface area contributed by atoms with Crippen molar-refractivity contribution >= 4 is 5.97 Å². The molecule has 1 fully saturated rings. The molecule has 1 aliphatic rings. The van der Waals surface area contributed by atoms with E-state index in [1.165, 1.54) is 12.8 Å². The molecule has 1 saturated carbocycles. The van der Waals surface area contributed by atoms with Crippen molar-refractivity contribution in [2.45, 2.75) is 18.9 Å². The number of carboxylic acids is 1. The van der Waals surface area contributed by atoms with Gasteiger partial charge in [0.25, 0.3) is 0 Å². The number of nitrogens with zero attached hydrogens (tertiary/aromatic N) is 1. The molecule has 0 radical (unpaired) electrons. The average Bonchev–Trinajstić information content (AvgIpc) is 3.03. The second kappa shape index (κ2) is 4.40. The Hall–Kier alpha value is -1.42. The van der Waals surface area contributed by atoms with Gasteiger partial charge in [-0.1, -0.05) is 6.07 Å². The fourth-order valence-electron chi connectivity index (χ4n) is 1.50.